The summed E-state index contributed by atoms with van der Waals surface area (Å²) in [6, 6.07) is 2.37. The summed E-state index contributed by atoms with van der Waals surface area (Å²) in [5.74, 6) is -0.945. The quantitative estimate of drug-likeness (QED) is 0.308. The van der Waals surface area contributed by atoms with Crippen molar-refractivity contribution in [2.24, 2.45) is 0 Å². The highest BCUT2D eigenvalue weighted by Gasteiger charge is 2.37. The van der Waals surface area contributed by atoms with Gasteiger partial charge in [0.2, 0.25) is 0 Å². The third-order valence-corrected chi connectivity index (χ3v) is 7.51. The number of ether oxygens (including phenoxy) is 3. The Kier molecular flexibility index (Phi) is 8.68. The molecule has 4 heterocycles. The highest BCUT2D eigenvalue weighted by atomic mass is 19.4. The summed E-state index contributed by atoms with van der Waals surface area (Å²) in [5.41, 5.74) is -1.28. The monoisotopic (exact) mass is 608 g/mol. The Morgan fingerprint density at radius 2 is 1.81 bits per heavy atom. The maximum absolute atomic E-state index is 14.5. The van der Waals surface area contributed by atoms with Crippen LogP contribution in [0.25, 0.3) is 10.9 Å². The van der Waals surface area contributed by atoms with Crippen molar-refractivity contribution in [3.63, 3.8) is 0 Å². The molecule has 2 aliphatic rings. The summed E-state index contributed by atoms with van der Waals surface area (Å²) < 4.78 is 72.7. The van der Waals surface area contributed by atoms with E-state index in [9.17, 15) is 22.4 Å². The Hall–Kier alpha value is -3.68. The Bertz CT molecular complexity index is 1440. The zero-order valence-electron chi connectivity index (χ0n) is 24.7. The molecule has 1 saturated carbocycles. The van der Waals surface area contributed by atoms with Gasteiger partial charge in [0.1, 0.15) is 17.5 Å². The summed E-state index contributed by atoms with van der Waals surface area (Å²) in [6.07, 6.45) is -1.11. The van der Waals surface area contributed by atoms with Crippen LogP contribution in [0.2, 0.25) is 0 Å². The van der Waals surface area contributed by atoms with E-state index in [4.69, 9.17) is 19.3 Å². The molecule has 0 N–H and O–H groups in total. The fourth-order valence-corrected chi connectivity index (χ4v) is 5.43. The lowest BCUT2D eigenvalue weighted by Crippen LogP contribution is -2.37. The number of fused-ring (bicyclic) bond motifs is 1. The molecule has 0 atom stereocenters. The average Bonchev–Trinajstić information content (AvgIpc) is 3.33. The fraction of sp³-hybridized carbons (Fsp3) is 0.586. The first-order valence-corrected chi connectivity index (χ1v) is 14.5. The maximum Gasteiger partial charge on any atom is 0.419 e. The van der Waals surface area contributed by atoms with Crippen LogP contribution in [0.4, 0.5) is 34.0 Å². The number of morpholine rings is 1. The van der Waals surface area contributed by atoms with Gasteiger partial charge in [-0.25, -0.2) is 19.2 Å². The van der Waals surface area contributed by atoms with Crippen LogP contribution in [-0.4, -0.2) is 70.4 Å². The SMILES string of the molecule is CCN(C(=O)OC(C)(C)C)c1cc2c(cn1)c(N1CCOCC1)nn2[C@H]1CC[C@@H](Oc2nccc(C(F)(F)F)c2F)CC1. The number of carbonyl (C=O) groups is 1. The normalized spacial score (nSPS) is 19.9. The smallest absolute Gasteiger partial charge is 0.419 e. The van der Waals surface area contributed by atoms with Crippen molar-refractivity contribution in [3.8, 4) is 5.88 Å². The molecule has 0 radical (unpaired) electrons. The number of halogens is 4. The van der Waals surface area contributed by atoms with Gasteiger partial charge in [-0.1, -0.05) is 0 Å². The summed E-state index contributed by atoms with van der Waals surface area (Å²) in [7, 11) is 0. The van der Waals surface area contributed by atoms with Gasteiger partial charge in [-0.05, 0) is 59.4 Å². The van der Waals surface area contributed by atoms with Gasteiger partial charge in [-0.15, -0.1) is 0 Å². The molecule has 1 amide bonds. The van der Waals surface area contributed by atoms with Crippen molar-refractivity contribution in [1.82, 2.24) is 19.7 Å². The molecular formula is C29H36F4N6O4. The minimum Gasteiger partial charge on any atom is -0.472 e. The first kappa shape index (κ1) is 30.8. The lowest BCUT2D eigenvalue weighted by atomic mass is 9.93. The molecule has 43 heavy (non-hydrogen) atoms. The van der Waals surface area contributed by atoms with Crippen LogP contribution >= 0.6 is 0 Å². The van der Waals surface area contributed by atoms with E-state index in [1.165, 1.54) is 4.90 Å². The van der Waals surface area contributed by atoms with E-state index in [1.807, 2.05) is 17.7 Å². The second-order valence-electron chi connectivity index (χ2n) is 11.7. The van der Waals surface area contributed by atoms with Crippen molar-refractivity contribution in [3.05, 3.63) is 35.9 Å². The summed E-state index contributed by atoms with van der Waals surface area (Å²) >= 11 is 0. The second-order valence-corrected chi connectivity index (χ2v) is 11.7. The molecular weight excluding hydrogens is 572 g/mol. The van der Waals surface area contributed by atoms with Crippen LogP contribution < -0.4 is 14.5 Å². The Morgan fingerprint density at radius 3 is 2.44 bits per heavy atom. The van der Waals surface area contributed by atoms with Gasteiger partial charge in [-0.3, -0.25) is 9.58 Å². The molecule has 1 aliphatic heterocycles. The molecule has 3 aromatic rings. The van der Waals surface area contributed by atoms with Gasteiger partial charge < -0.3 is 19.1 Å². The minimum absolute atomic E-state index is 0.0664. The highest BCUT2D eigenvalue weighted by molar-refractivity contribution is 5.94. The molecule has 234 valence electrons. The van der Waals surface area contributed by atoms with Crippen LogP contribution in [0, 0.1) is 5.82 Å². The Morgan fingerprint density at radius 1 is 1.12 bits per heavy atom. The molecule has 0 aromatic carbocycles. The van der Waals surface area contributed by atoms with Crippen LogP contribution in [0.15, 0.2) is 24.5 Å². The third kappa shape index (κ3) is 6.78. The zero-order valence-corrected chi connectivity index (χ0v) is 24.7. The number of amides is 1. The van der Waals surface area contributed by atoms with Crippen LogP contribution in [-0.2, 0) is 15.7 Å². The largest absolute Gasteiger partial charge is 0.472 e. The molecule has 1 saturated heterocycles. The molecule has 0 bridgehead atoms. The van der Waals surface area contributed by atoms with Crippen LogP contribution in [0.5, 0.6) is 5.88 Å². The minimum atomic E-state index is -4.84. The lowest BCUT2D eigenvalue weighted by Gasteiger charge is -2.30. The van der Waals surface area contributed by atoms with Gasteiger partial charge in [-0.2, -0.15) is 18.3 Å². The van der Waals surface area contributed by atoms with Crippen molar-refractivity contribution in [2.75, 3.05) is 42.6 Å². The molecule has 5 rings (SSSR count). The van der Waals surface area contributed by atoms with Crippen molar-refractivity contribution in [1.29, 1.82) is 0 Å². The van der Waals surface area contributed by atoms with Gasteiger partial charge in [0.15, 0.2) is 11.6 Å². The van der Waals surface area contributed by atoms with E-state index < -0.39 is 41.2 Å². The van der Waals surface area contributed by atoms with Crippen LogP contribution in [0.1, 0.15) is 65.0 Å². The number of rotatable bonds is 6. The Balaban J connectivity index is 1.41. The number of carbonyl (C=O) groups excluding carboxylic acids is 1. The summed E-state index contributed by atoms with van der Waals surface area (Å²) in [5, 5.41) is 5.84. The molecule has 0 spiro atoms. The third-order valence-electron chi connectivity index (χ3n) is 7.51. The zero-order chi connectivity index (χ0) is 30.9. The predicted octanol–water partition coefficient (Wildman–Crippen LogP) is 6.14. The summed E-state index contributed by atoms with van der Waals surface area (Å²) in [6.45, 7) is 10.1. The number of pyridine rings is 2. The van der Waals surface area contributed by atoms with E-state index in [0.717, 1.165) is 22.9 Å². The standard InChI is InChI=1S/C29H36F4N6O4/c1-5-38(27(40)43-28(2,3)4)23-16-22-20(17-35-23)25(37-12-14-41-15-13-37)36-39(22)18-6-8-19(9-7-18)42-26-24(30)21(10-11-34-26)29(31,32)33/h10-11,16-19H,5-9,12-15H2,1-4H3/t18-,19+. The van der Waals surface area contributed by atoms with Gasteiger partial charge in [0.05, 0.1) is 35.7 Å². The first-order chi connectivity index (χ1) is 20.4. The van der Waals surface area contributed by atoms with Crippen molar-refractivity contribution < 1.29 is 36.6 Å². The van der Waals surface area contributed by atoms with Crippen LogP contribution in [0.3, 0.4) is 0 Å². The molecule has 3 aromatic heterocycles. The predicted molar refractivity (Wildman–Crippen MR) is 151 cm³/mol. The lowest BCUT2D eigenvalue weighted by molar-refractivity contribution is -0.140. The van der Waals surface area contributed by atoms with E-state index in [2.05, 4.69) is 14.9 Å². The van der Waals surface area contributed by atoms with Gasteiger partial charge in [0.25, 0.3) is 5.88 Å². The highest BCUT2D eigenvalue weighted by Crippen LogP contribution is 2.38. The molecule has 10 nitrogen and oxygen atoms in total. The van der Waals surface area contributed by atoms with E-state index in [1.54, 1.807) is 27.0 Å². The van der Waals surface area contributed by atoms with Gasteiger partial charge in [0, 0.05) is 38.1 Å². The number of hydrogen-bond acceptors (Lipinski definition) is 8. The topological polar surface area (TPSA) is 94.8 Å². The Labute approximate surface area is 246 Å². The number of alkyl halides is 3. The summed E-state index contributed by atoms with van der Waals surface area (Å²) in [4.78, 5) is 24.9. The van der Waals surface area contributed by atoms with Crippen molar-refractivity contribution in [2.45, 2.75) is 77.3 Å². The molecule has 0 unspecified atom stereocenters. The number of aromatic nitrogens is 4. The number of hydrogen-bond donors (Lipinski definition) is 0. The van der Waals surface area contributed by atoms with Gasteiger partial charge >= 0.3 is 12.3 Å². The van der Waals surface area contributed by atoms with E-state index in [0.29, 0.717) is 70.4 Å². The average molecular weight is 609 g/mol. The number of anilines is 2. The maximum atomic E-state index is 14.5. The second kappa shape index (κ2) is 12.1. The van der Waals surface area contributed by atoms with E-state index in [-0.39, 0.29) is 6.04 Å². The number of nitrogens with zero attached hydrogens (tertiary/aromatic N) is 6. The first-order valence-electron chi connectivity index (χ1n) is 14.5. The molecule has 14 heteroatoms. The van der Waals surface area contributed by atoms with E-state index >= 15 is 0 Å². The van der Waals surface area contributed by atoms with Crippen molar-refractivity contribution >= 4 is 28.6 Å². The molecule has 1 aliphatic carbocycles. The fourth-order valence-electron chi connectivity index (χ4n) is 5.43. The molecule has 2 fully saturated rings.